The summed E-state index contributed by atoms with van der Waals surface area (Å²) in [6.07, 6.45) is 1.22. The summed E-state index contributed by atoms with van der Waals surface area (Å²) in [5, 5.41) is 21.5. The number of aliphatic hydroxyl groups is 1. The first kappa shape index (κ1) is 16.7. The molecule has 0 aliphatic carbocycles. The third-order valence-corrected chi connectivity index (χ3v) is 4.11. The van der Waals surface area contributed by atoms with Crippen LogP contribution in [0.1, 0.15) is 26.0 Å². The molecular weight excluding hydrogens is 340 g/mol. The Morgan fingerprint density at radius 3 is 2.62 bits per heavy atom. The van der Waals surface area contributed by atoms with Gasteiger partial charge >= 0.3 is 6.55 Å². The highest BCUT2D eigenvalue weighted by Crippen LogP contribution is 2.32. The van der Waals surface area contributed by atoms with Crippen LogP contribution in [0.2, 0.25) is 5.15 Å². The highest BCUT2D eigenvalue weighted by molar-refractivity contribution is 6.32. The van der Waals surface area contributed by atoms with E-state index in [1.54, 1.807) is 31.6 Å². The topological polar surface area (TPSA) is 67.9 Å². The Kier molecular flexibility index (Phi) is 3.97. The normalized spacial score (nSPS) is 12.3. The lowest BCUT2D eigenvalue weighted by Crippen LogP contribution is -2.15. The molecule has 6 nitrogen and oxygen atoms in total. The third kappa shape index (κ3) is 2.83. The Hall–Kier alpha value is -2.19. The second kappa shape index (κ2) is 5.71. The van der Waals surface area contributed by atoms with Crippen LogP contribution in [-0.2, 0) is 12.6 Å². The highest BCUT2D eigenvalue weighted by atomic mass is 35.5. The number of nitrogens with one attached hydrogen (secondary N) is 1. The number of aryl methyl sites for hydroxylation is 1. The summed E-state index contributed by atoms with van der Waals surface area (Å²) in [4.78, 5) is 0. The number of fused-ring (bicyclic) bond motifs is 1. The van der Waals surface area contributed by atoms with E-state index in [0.717, 1.165) is 16.5 Å². The standard InChI is InChI=1S/C15H16ClF2N5O/c1-15(2,24)8-4-5-9-11(6-8)22(3)21-13(9)20-10-7-19-23(12(10)16)14(17)18/h4-7,14,24H,1-3H3,(H,20,21). The molecule has 1 aromatic carbocycles. The summed E-state index contributed by atoms with van der Waals surface area (Å²) < 4.78 is 27.5. The van der Waals surface area contributed by atoms with E-state index >= 15 is 0 Å². The largest absolute Gasteiger partial charge is 0.386 e. The Labute approximate surface area is 141 Å². The van der Waals surface area contributed by atoms with Crippen LogP contribution in [0.25, 0.3) is 10.9 Å². The number of hydrogen-bond acceptors (Lipinski definition) is 4. The van der Waals surface area contributed by atoms with E-state index in [2.05, 4.69) is 15.5 Å². The van der Waals surface area contributed by atoms with Crippen molar-refractivity contribution in [2.24, 2.45) is 7.05 Å². The van der Waals surface area contributed by atoms with Gasteiger partial charge in [0.05, 0.1) is 23.0 Å². The molecule has 0 amide bonds. The molecule has 3 rings (SSSR count). The van der Waals surface area contributed by atoms with Crippen LogP contribution in [0.3, 0.4) is 0 Å². The van der Waals surface area contributed by atoms with Crippen molar-refractivity contribution < 1.29 is 13.9 Å². The van der Waals surface area contributed by atoms with Gasteiger partial charge in [-0.15, -0.1) is 0 Å². The molecule has 0 aliphatic rings. The zero-order valence-electron chi connectivity index (χ0n) is 13.3. The van der Waals surface area contributed by atoms with Crippen molar-refractivity contribution in [1.82, 2.24) is 19.6 Å². The lowest BCUT2D eigenvalue weighted by atomic mass is 9.97. The Morgan fingerprint density at radius 1 is 1.33 bits per heavy atom. The third-order valence-electron chi connectivity index (χ3n) is 3.73. The summed E-state index contributed by atoms with van der Waals surface area (Å²) >= 11 is 5.90. The van der Waals surface area contributed by atoms with Crippen LogP contribution < -0.4 is 5.32 Å². The van der Waals surface area contributed by atoms with Crippen LogP contribution in [0.15, 0.2) is 24.4 Å². The molecule has 2 heterocycles. The summed E-state index contributed by atoms with van der Waals surface area (Å²) in [5.41, 5.74) is 0.791. The minimum Gasteiger partial charge on any atom is -0.386 e. The van der Waals surface area contributed by atoms with Gasteiger partial charge in [-0.05, 0) is 31.5 Å². The van der Waals surface area contributed by atoms with Gasteiger partial charge in [-0.2, -0.15) is 23.7 Å². The van der Waals surface area contributed by atoms with Crippen LogP contribution in [0, 0.1) is 0 Å². The molecule has 3 aromatic rings. The predicted molar refractivity (Wildman–Crippen MR) is 87.7 cm³/mol. The smallest absolute Gasteiger partial charge is 0.334 e. The highest BCUT2D eigenvalue weighted by Gasteiger charge is 2.20. The van der Waals surface area contributed by atoms with Crippen molar-refractivity contribution >= 4 is 34.0 Å². The van der Waals surface area contributed by atoms with Crippen LogP contribution in [0.4, 0.5) is 20.3 Å². The van der Waals surface area contributed by atoms with Crippen molar-refractivity contribution in [3.63, 3.8) is 0 Å². The second-order valence-corrected chi connectivity index (χ2v) is 6.32. The molecule has 0 fully saturated rings. The lowest BCUT2D eigenvalue weighted by Gasteiger charge is -2.17. The average Bonchev–Trinajstić information content (AvgIpc) is 3.00. The SMILES string of the molecule is Cn1nc(Nc2cnn(C(F)F)c2Cl)c2ccc(C(C)(C)O)cc21. The quantitative estimate of drug-likeness (QED) is 0.747. The van der Waals surface area contributed by atoms with Gasteiger partial charge in [0.25, 0.3) is 0 Å². The summed E-state index contributed by atoms with van der Waals surface area (Å²) in [7, 11) is 1.76. The van der Waals surface area contributed by atoms with E-state index in [4.69, 9.17) is 11.6 Å². The van der Waals surface area contributed by atoms with Gasteiger partial charge < -0.3 is 10.4 Å². The van der Waals surface area contributed by atoms with Crippen molar-refractivity contribution in [3.8, 4) is 0 Å². The number of halogens is 3. The summed E-state index contributed by atoms with van der Waals surface area (Å²) in [5.74, 6) is 0.463. The van der Waals surface area contributed by atoms with E-state index in [1.165, 1.54) is 6.20 Å². The molecule has 0 radical (unpaired) electrons. The fourth-order valence-corrected chi connectivity index (χ4v) is 2.64. The van der Waals surface area contributed by atoms with Crippen molar-refractivity contribution in [2.45, 2.75) is 26.0 Å². The van der Waals surface area contributed by atoms with Gasteiger partial charge in [-0.25, -0.2) is 0 Å². The number of benzene rings is 1. The zero-order chi connectivity index (χ0) is 17.6. The van der Waals surface area contributed by atoms with Crippen molar-refractivity contribution in [2.75, 3.05) is 5.32 Å². The van der Waals surface area contributed by atoms with Gasteiger partial charge in [0, 0.05) is 12.4 Å². The fourth-order valence-electron chi connectivity index (χ4n) is 2.43. The number of anilines is 2. The number of nitrogens with zero attached hydrogens (tertiary/aromatic N) is 4. The molecule has 0 aliphatic heterocycles. The number of alkyl halides is 2. The summed E-state index contributed by atoms with van der Waals surface area (Å²) in [6.45, 7) is 0.576. The van der Waals surface area contributed by atoms with E-state index < -0.39 is 12.2 Å². The molecule has 2 N–H and O–H groups in total. The van der Waals surface area contributed by atoms with Crippen molar-refractivity contribution in [3.05, 3.63) is 35.1 Å². The van der Waals surface area contributed by atoms with E-state index in [0.29, 0.717) is 10.5 Å². The number of rotatable bonds is 4. The van der Waals surface area contributed by atoms with Gasteiger partial charge in [0.2, 0.25) is 0 Å². The first-order chi connectivity index (χ1) is 11.2. The molecule has 0 saturated carbocycles. The first-order valence-electron chi connectivity index (χ1n) is 7.16. The second-order valence-electron chi connectivity index (χ2n) is 5.96. The van der Waals surface area contributed by atoms with Gasteiger partial charge in [-0.1, -0.05) is 17.7 Å². The predicted octanol–water partition coefficient (Wildman–Crippen LogP) is 3.79. The van der Waals surface area contributed by atoms with Crippen LogP contribution >= 0.6 is 11.6 Å². The number of hydrogen-bond donors (Lipinski definition) is 2. The first-order valence-corrected chi connectivity index (χ1v) is 7.54. The Morgan fingerprint density at radius 2 is 2.04 bits per heavy atom. The fraction of sp³-hybridized carbons (Fsp3) is 0.333. The van der Waals surface area contributed by atoms with Gasteiger partial charge in [-0.3, -0.25) is 4.68 Å². The molecular formula is C15H16ClF2N5O. The van der Waals surface area contributed by atoms with Gasteiger partial charge in [0.15, 0.2) is 11.0 Å². The monoisotopic (exact) mass is 355 g/mol. The molecule has 9 heteroatoms. The van der Waals surface area contributed by atoms with E-state index in [9.17, 15) is 13.9 Å². The van der Waals surface area contributed by atoms with Gasteiger partial charge in [0.1, 0.15) is 0 Å². The zero-order valence-corrected chi connectivity index (χ0v) is 14.0. The molecule has 2 aromatic heterocycles. The van der Waals surface area contributed by atoms with Crippen molar-refractivity contribution in [1.29, 1.82) is 0 Å². The summed E-state index contributed by atoms with van der Waals surface area (Å²) in [6, 6.07) is 5.43. The molecule has 128 valence electrons. The van der Waals surface area contributed by atoms with Crippen LogP contribution in [-0.4, -0.2) is 24.7 Å². The minimum absolute atomic E-state index is 0.197. The number of aromatic nitrogens is 4. The van der Waals surface area contributed by atoms with Crippen LogP contribution in [0.5, 0.6) is 0 Å². The molecule has 0 unspecified atom stereocenters. The molecule has 0 saturated heterocycles. The average molecular weight is 356 g/mol. The molecule has 0 bridgehead atoms. The molecule has 24 heavy (non-hydrogen) atoms. The maximum Gasteiger partial charge on any atom is 0.334 e. The van der Waals surface area contributed by atoms with E-state index in [1.807, 2.05) is 12.1 Å². The lowest BCUT2D eigenvalue weighted by molar-refractivity contribution is 0.0570. The molecule has 0 spiro atoms. The maximum atomic E-state index is 12.7. The Balaban J connectivity index is 2.02. The molecule has 0 atom stereocenters. The minimum atomic E-state index is -2.82. The Bertz CT molecular complexity index is 897. The maximum absolute atomic E-state index is 12.7. The van der Waals surface area contributed by atoms with E-state index in [-0.39, 0.29) is 10.8 Å².